The summed E-state index contributed by atoms with van der Waals surface area (Å²) < 4.78 is 38.4. The molecule has 2 aromatic rings. The van der Waals surface area contributed by atoms with Crippen molar-refractivity contribution in [3.63, 3.8) is 0 Å². The van der Waals surface area contributed by atoms with Crippen LogP contribution in [0.25, 0.3) is 10.9 Å². The fourth-order valence-corrected chi connectivity index (χ4v) is 3.89. The number of aromatic amines is 1. The van der Waals surface area contributed by atoms with Gasteiger partial charge in [-0.3, -0.25) is 14.8 Å². The van der Waals surface area contributed by atoms with Crippen LogP contribution in [0.1, 0.15) is 28.9 Å². The van der Waals surface area contributed by atoms with Gasteiger partial charge in [0, 0.05) is 11.9 Å². The van der Waals surface area contributed by atoms with Crippen molar-refractivity contribution >= 4 is 16.8 Å². The molecule has 6 nitrogen and oxygen atoms in total. The van der Waals surface area contributed by atoms with E-state index in [-0.39, 0.29) is 17.1 Å². The molecule has 4 heterocycles. The Morgan fingerprint density at radius 3 is 2.68 bits per heavy atom. The highest BCUT2D eigenvalue weighted by Gasteiger charge is 2.45. The second-order valence-corrected chi connectivity index (χ2v) is 6.88. The van der Waals surface area contributed by atoms with Crippen molar-refractivity contribution in [1.29, 1.82) is 0 Å². The molecule has 3 aliphatic rings. The van der Waals surface area contributed by atoms with Crippen LogP contribution < -0.4 is 11.1 Å². The Kier molecular flexibility index (Phi) is 3.55. The zero-order valence-electron chi connectivity index (χ0n) is 13.4. The number of nitrogens with one attached hydrogen (secondary N) is 2. The lowest BCUT2D eigenvalue weighted by atomic mass is 9.79. The molecule has 1 atom stereocenters. The summed E-state index contributed by atoms with van der Waals surface area (Å²) in [7, 11) is 0. The van der Waals surface area contributed by atoms with Gasteiger partial charge in [0.15, 0.2) is 5.69 Å². The Balaban J connectivity index is 1.60. The van der Waals surface area contributed by atoms with Gasteiger partial charge in [0.05, 0.1) is 11.1 Å². The fraction of sp³-hybridized carbons (Fsp3) is 0.500. The number of aromatic nitrogens is 2. The summed E-state index contributed by atoms with van der Waals surface area (Å²) in [4.78, 5) is 14.8. The summed E-state index contributed by atoms with van der Waals surface area (Å²) in [5.74, 6) is -0.272. The zero-order chi connectivity index (χ0) is 17.8. The van der Waals surface area contributed by atoms with Gasteiger partial charge in [-0.1, -0.05) is 0 Å². The van der Waals surface area contributed by atoms with Crippen molar-refractivity contribution < 1.29 is 18.0 Å². The number of nitrogens with zero attached hydrogens (tertiary/aromatic N) is 2. The summed E-state index contributed by atoms with van der Waals surface area (Å²) >= 11 is 0. The minimum absolute atomic E-state index is 0.0602. The standard InChI is InChI=1S/C16H18F3N5O/c17-16(18,19)10-1-2-11-12(7-10)22-23-13(11)14(25)21-15(20)8-24-5-3-9(15)4-6-24/h1-2,7,9H,3-6,8,20H2,(H,21,25)(H,22,23). The van der Waals surface area contributed by atoms with E-state index in [2.05, 4.69) is 20.4 Å². The topological polar surface area (TPSA) is 87.0 Å². The summed E-state index contributed by atoms with van der Waals surface area (Å²) in [6.45, 7) is 2.53. The molecule has 0 aliphatic carbocycles. The van der Waals surface area contributed by atoms with Gasteiger partial charge in [-0.25, -0.2) is 0 Å². The lowest BCUT2D eigenvalue weighted by Gasteiger charge is -2.51. The Morgan fingerprint density at radius 1 is 1.36 bits per heavy atom. The molecule has 0 spiro atoms. The highest BCUT2D eigenvalue weighted by molar-refractivity contribution is 6.05. The van der Waals surface area contributed by atoms with E-state index in [9.17, 15) is 18.0 Å². The summed E-state index contributed by atoms with van der Waals surface area (Å²) in [6, 6.07) is 3.16. The van der Waals surface area contributed by atoms with Gasteiger partial charge in [-0.2, -0.15) is 18.3 Å². The number of benzene rings is 1. The first-order valence-corrected chi connectivity index (χ1v) is 8.15. The van der Waals surface area contributed by atoms with Crippen molar-refractivity contribution in [3.8, 4) is 0 Å². The number of piperidine rings is 3. The van der Waals surface area contributed by atoms with Crippen molar-refractivity contribution in [2.45, 2.75) is 24.7 Å². The van der Waals surface area contributed by atoms with Crippen molar-refractivity contribution in [2.24, 2.45) is 11.7 Å². The van der Waals surface area contributed by atoms with Gasteiger partial charge in [-0.15, -0.1) is 0 Å². The highest BCUT2D eigenvalue weighted by atomic mass is 19.4. The third-order valence-corrected chi connectivity index (χ3v) is 5.25. The zero-order valence-corrected chi connectivity index (χ0v) is 13.4. The maximum absolute atomic E-state index is 12.8. The van der Waals surface area contributed by atoms with Gasteiger partial charge >= 0.3 is 6.18 Å². The van der Waals surface area contributed by atoms with Crippen LogP contribution in [0.3, 0.4) is 0 Å². The number of nitrogens with two attached hydrogens (primary N) is 1. The molecular weight excluding hydrogens is 335 g/mol. The molecule has 3 fully saturated rings. The Morgan fingerprint density at radius 2 is 2.08 bits per heavy atom. The van der Waals surface area contributed by atoms with E-state index < -0.39 is 23.3 Å². The number of hydrogen-bond acceptors (Lipinski definition) is 4. The van der Waals surface area contributed by atoms with Crippen LogP contribution in [0, 0.1) is 5.92 Å². The summed E-state index contributed by atoms with van der Waals surface area (Å²) in [5.41, 5.74) is 5.03. The monoisotopic (exact) mass is 353 g/mol. The Hall–Kier alpha value is -2.13. The fourth-order valence-electron chi connectivity index (χ4n) is 3.89. The second kappa shape index (κ2) is 5.43. The lowest BCUT2D eigenvalue weighted by molar-refractivity contribution is -0.137. The highest BCUT2D eigenvalue weighted by Crippen LogP contribution is 2.33. The number of carbonyl (C=O) groups excluding carboxylic acids is 1. The van der Waals surface area contributed by atoms with Crippen LogP contribution in [0.2, 0.25) is 0 Å². The Labute approximate surface area is 141 Å². The largest absolute Gasteiger partial charge is 0.416 e. The van der Waals surface area contributed by atoms with Crippen LogP contribution in [0.15, 0.2) is 18.2 Å². The van der Waals surface area contributed by atoms with Crippen LogP contribution in [0.5, 0.6) is 0 Å². The van der Waals surface area contributed by atoms with E-state index in [0.29, 0.717) is 11.9 Å². The van der Waals surface area contributed by atoms with Gasteiger partial charge < -0.3 is 11.1 Å². The van der Waals surface area contributed by atoms with E-state index in [4.69, 9.17) is 5.73 Å². The Bertz CT molecular complexity index is 825. The number of H-pyrrole nitrogens is 1. The molecule has 134 valence electrons. The van der Waals surface area contributed by atoms with Gasteiger partial charge in [-0.05, 0) is 50.0 Å². The second-order valence-electron chi connectivity index (χ2n) is 6.88. The minimum atomic E-state index is -4.45. The van der Waals surface area contributed by atoms with Crippen molar-refractivity contribution in [2.75, 3.05) is 19.6 Å². The number of amides is 1. The van der Waals surface area contributed by atoms with E-state index in [1.807, 2.05) is 0 Å². The summed E-state index contributed by atoms with van der Waals surface area (Å²) in [6.07, 6.45) is -2.60. The van der Waals surface area contributed by atoms with Crippen LogP contribution >= 0.6 is 0 Å². The predicted octanol–water partition coefficient (Wildman–Crippen LogP) is 1.69. The molecule has 9 heteroatoms. The first-order chi connectivity index (χ1) is 11.8. The van der Waals surface area contributed by atoms with Crippen LogP contribution in [0.4, 0.5) is 13.2 Å². The molecule has 2 bridgehead atoms. The smallest absolute Gasteiger partial charge is 0.331 e. The molecule has 1 aromatic heterocycles. The normalized spacial score (nSPS) is 29.1. The molecule has 4 N–H and O–H groups in total. The average molecular weight is 353 g/mol. The van der Waals surface area contributed by atoms with E-state index in [1.165, 1.54) is 6.07 Å². The maximum atomic E-state index is 12.8. The average Bonchev–Trinajstić information content (AvgIpc) is 2.97. The number of carbonyl (C=O) groups is 1. The quantitative estimate of drug-likeness (QED) is 0.717. The third kappa shape index (κ3) is 2.77. The number of alkyl halides is 3. The van der Waals surface area contributed by atoms with Gasteiger partial charge in [0.25, 0.3) is 5.91 Å². The van der Waals surface area contributed by atoms with Crippen molar-refractivity contribution in [1.82, 2.24) is 20.4 Å². The maximum Gasteiger partial charge on any atom is 0.416 e. The SMILES string of the molecule is NC1(NC(=O)c2n[nH]c3cc(C(F)(F)F)ccc23)CN2CCC1CC2. The van der Waals surface area contributed by atoms with Crippen molar-refractivity contribution in [3.05, 3.63) is 29.5 Å². The first-order valence-electron chi connectivity index (χ1n) is 8.15. The molecule has 1 amide bonds. The molecule has 1 aromatic carbocycles. The number of fused-ring (bicyclic) bond motifs is 4. The van der Waals surface area contributed by atoms with E-state index in [1.54, 1.807) is 0 Å². The summed E-state index contributed by atoms with van der Waals surface area (Å²) in [5, 5.41) is 9.61. The molecule has 0 radical (unpaired) electrons. The predicted molar refractivity (Wildman–Crippen MR) is 84.6 cm³/mol. The van der Waals surface area contributed by atoms with E-state index >= 15 is 0 Å². The molecule has 5 rings (SSSR count). The number of hydrogen-bond donors (Lipinski definition) is 3. The number of halogens is 3. The van der Waals surface area contributed by atoms with Crippen LogP contribution in [-0.2, 0) is 6.18 Å². The molecule has 1 unspecified atom stereocenters. The molecule has 3 saturated heterocycles. The van der Waals surface area contributed by atoms with Crippen LogP contribution in [-0.4, -0.2) is 46.3 Å². The minimum Gasteiger partial charge on any atom is -0.331 e. The molecule has 25 heavy (non-hydrogen) atoms. The number of rotatable bonds is 2. The van der Waals surface area contributed by atoms with Gasteiger partial charge in [0.2, 0.25) is 0 Å². The molecule has 3 aliphatic heterocycles. The lowest BCUT2D eigenvalue weighted by Crippen LogP contribution is -2.72. The third-order valence-electron chi connectivity index (χ3n) is 5.25. The first kappa shape index (κ1) is 16.3. The van der Waals surface area contributed by atoms with E-state index in [0.717, 1.165) is 38.1 Å². The molecule has 0 saturated carbocycles. The van der Waals surface area contributed by atoms with Gasteiger partial charge in [0.1, 0.15) is 5.66 Å². The molecular formula is C16H18F3N5O.